The van der Waals surface area contributed by atoms with Crippen LogP contribution in [0.5, 0.6) is 0 Å². The Kier molecular flexibility index (Phi) is 2.91. The van der Waals surface area contributed by atoms with Gasteiger partial charge in [0.25, 0.3) is 0 Å². The number of benzene rings is 1. The minimum Gasteiger partial charge on any atom is -0.368 e. The van der Waals surface area contributed by atoms with E-state index in [1.54, 1.807) is 0 Å². The topological polar surface area (TPSA) is 92.9 Å². The van der Waals surface area contributed by atoms with Crippen molar-refractivity contribution in [2.75, 3.05) is 17.6 Å². The van der Waals surface area contributed by atoms with Crippen LogP contribution in [0.1, 0.15) is 12.8 Å². The molecule has 0 saturated heterocycles. The number of nitrogens with one attached hydrogen (secondary N) is 2. The van der Waals surface area contributed by atoms with Gasteiger partial charge in [-0.05, 0) is 25.0 Å². The largest absolute Gasteiger partial charge is 0.368 e. The molecule has 1 aliphatic rings. The van der Waals surface area contributed by atoms with Crippen LogP contribution in [0.4, 0.5) is 11.8 Å². The Hall–Kier alpha value is -2.37. The van der Waals surface area contributed by atoms with E-state index in [1.807, 2.05) is 24.3 Å². The molecule has 1 aromatic carbocycles. The molecule has 1 saturated carbocycles. The Morgan fingerprint density at radius 1 is 1.32 bits per heavy atom. The maximum Gasteiger partial charge on any atom is 0.239 e. The number of carbonyl (C=O) groups is 1. The smallest absolute Gasteiger partial charge is 0.239 e. The summed E-state index contributed by atoms with van der Waals surface area (Å²) >= 11 is 0. The Morgan fingerprint density at radius 3 is 2.89 bits per heavy atom. The summed E-state index contributed by atoms with van der Waals surface area (Å²) in [5.41, 5.74) is 6.42. The number of amides is 1. The first-order valence-corrected chi connectivity index (χ1v) is 6.28. The van der Waals surface area contributed by atoms with Crippen molar-refractivity contribution in [3.05, 3.63) is 24.3 Å². The predicted molar refractivity (Wildman–Crippen MR) is 73.6 cm³/mol. The molecule has 0 spiro atoms. The normalized spacial score (nSPS) is 14.3. The first kappa shape index (κ1) is 11.7. The van der Waals surface area contributed by atoms with Crippen molar-refractivity contribution in [2.24, 2.45) is 0 Å². The van der Waals surface area contributed by atoms with Crippen molar-refractivity contribution >= 4 is 28.6 Å². The Labute approximate surface area is 110 Å². The average molecular weight is 257 g/mol. The molecular formula is C13H15N5O. The SMILES string of the molecule is Nc1nc(NCC(=O)NC2CC2)c2ccccc2n1. The third-order valence-electron chi connectivity index (χ3n) is 2.98. The van der Waals surface area contributed by atoms with Crippen molar-refractivity contribution in [2.45, 2.75) is 18.9 Å². The highest BCUT2D eigenvalue weighted by Gasteiger charge is 2.23. The van der Waals surface area contributed by atoms with Crippen LogP contribution in [0.3, 0.4) is 0 Å². The number of rotatable bonds is 4. The van der Waals surface area contributed by atoms with Crippen molar-refractivity contribution < 1.29 is 4.79 Å². The predicted octanol–water partition coefficient (Wildman–Crippen LogP) is 0.902. The molecular weight excluding hydrogens is 242 g/mol. The van der Waals surface area contributed by atoms with Crippen molar-refractivity contribution in [3.63, 3.8) is 0 Å². The highest BCUT2D eigenvalue weighted by Crippen LogP contribution is 2.21. The zero-order chi connectivity index (χ0) is 13.2. The summed E-state index contributed by atoms with van der Waals surface area (Å²) in [4.78, 5) is 19.9. The highest BCUT2D eigenvalue weighted by molar-refractivity contribution is 5.91. The van der Waals surface area contributed by atoms with Gasteiger partial charge in [0.2, 0.25) is 11.9 Å². The maximum atomic E-state index is 11.6. The number of aromatic nitrogens is 2. The lowest BCUT2D eigenvalue weighted by molar-refractivity contribution is -0.119. The van der Waals surface area contributed by atoms with E-state index in [2.05, 4.69) is 20.6 Å². The van der Waals surface area contributed by atoms with Gasteiger partial charge in [-0.3, -0.25) is 4.79 Å². The number of anilines is 2. The van der Waals surface area contributed by atoms with Gasteiger partial charge < -0.3 is 16.4 Å². The summed E-state index contributed by atoms with van der Waals surface area (Å²) in [6.07, 6.45) is 2.16. The fourth-order valence-corrected chi connectivity index (χ4v) is 1.90. The summed E-state index contributed by atoms with van der Waals surface area (Å²) in [5.74, 6) is 0.765. The standard InChI is InChI=1S/C13H15N5O/c14-13-17-10-4-2-1-3-9(10)12(18-13)15-7-11(19)16-8-5-6-8/h1-4,8H,5-7H2,(H,16,19)(H3,14,15,17,18). The van der Waals surface area contributed by atoms with Gasteiger partial charge in [0.1, 0.15) is 5.82 Å². The van der Waals surface area contributed by atoms with E-state index in [9.17, 15) is 4.79 Å². The highest BCUT2D eigenvalue weighted by atomic mass is 16.2. The molecule has 1 aromatic heterocycles. The van der Waals surface area contributed by atoms with Gasteiger partial charge in [0, 0.05) is 11.4 Å². The van der Waals surface area contributed by atoms with Gasteiger partial charge in [-0.1, -0.05) is 12.1 Å². The molecule has 4 N–H and O–H groups in total. The third-order valence-corrected chi connectivity index (χ3v) is 2.98. The molecule has 6 heteroatoms. The maximum absolute atomic E-state index is 11.6. The van der Waals surface area contributed by atoms with Crippen LogP contribution in [-0.4, -0.2) is 28.5 Å². The number of nitrogen functional groups attached to an aromatic ring is 1. The van der Waals surface area contributed by atoms with E-state index in [-0.39, 0.29) is 18.4 Å². The number of fused-ring (bicyclic) bond motifs is 1. The summed E-state index contributed by atoms with van der Waals surface area (Å²) in [6.45, 7) is 0.191. The molecule has 0 aliphatic heterocycles. The zero-order valence-corrected chi connectivity index (χ0v) is 10.4. The van der Waals surface area contributed by atoms with Crippen LogP contribution >= 0.6 is 0 Å². The number of nitrogens with two attached hydrogens (primary N) is 1. The van der Waals surface area contributed by atoms with Gasteiger partial charge >= 0.3 is 0 Å². The van der Waals surface area contributed by atoms with E-state index in [1.165, 1.54) is 0 Å². The third kappa shape index (κ3) is 2.73. The van der Waals surface area contributed by atoms with Gasteiger partial charge in [0.15, 0.2) is 0 Å². The Balaban J connectivity index is 1.77. The molecule has 6 nitrogen and oxygen atoms in total. The molecule has 98 valence electrons. The lowest BCUT2D eigenvalue weighted by atomic mass is 10.2. The number of carbonyl (C=O) groups excluding carboxylic acids is 1. The lowest BCUT2D eigenvalue weighted by Gasteiger charge is -2.09. The Morgan fingerprint density at radius 2 is 2.11 bits per heavy atom. The molecule has 0 unspecified atom stereocenters. The number of nitrogens with zero attached hydrogens (tertiary/aromatic N) is 2. The van der Waals surface area contributed by atoms with E-state index >= 15 is 0 Å². The molecule has 1 aliphatic carbocycles. The Bertz CT molecular complexity index is 623. The van der Waals surface area contributed by atoms with Crippen LogP contribution in [0, 0.1) is 0 Å². The molecule has 0 bridgehead atoms. The lowest BCUT2D eigenvalue weighted by Crippen LogP contribution is -2.31. The molecule has 3 rings (SSSR count). The van der Waals surface area contributed by atoms with Gasteiger partial charge in [-0.25, -0.2) is 4.98 Å². The van der Waals surface area contributed by atoms with Crippen molar-refractivity contribution in [3.8, 4) is 0 Å². The van der Waals surface area contributed by atoms with Crippen LogP contribution in [0.2, 0.25) is 0 Å². The second kappa shape index (κ2) is 4.72. The van der Waals surface area contributed by atoms with E-state index in [4.69, 9.17) is 5.73 Å². The molecule has 0 radical (unpaired) electrons. The van der Waals surface area contributed by atoms with Crippen LogP contribution in [0.25, 0.3) is 10.9 Å². The van der Waals surface area contributed by atoms with Crippen LogP contribution < -0.4 is 16.4 Å². The second-order valence-corrected chi connectivity index (χ2v) is 4.64. The number of hydrogen-bond acceptors (Lipinski definition) is 5. The molecule has 19 heavy (non-hydrogen) atoms. The van der Waals surface area contributed by atoms with E-state index in [0.29, 0.717) is 11.9 Å². The monoisotopic (exact) mass is 257 g/mol. The minimum atomic E-state index is -0.0243. The molecule has 1 heterocycles. The quantitative estimate of drug-likeness (QED) is 0.756. The summed E-state index contributed by atoms with van der Waals surface area (Å²) in [5, 5.41) is 6.79. The molecule has 1 fully saturated rings. The van der Waals surface area contributed by atoms with Crippen molar-refractivity contribution in [1.82, 2.24) is 15.3 Å². The molecule has 2 aromatic rings. The first-order chi connectivity index (χ1) is 9.22. The van der Waals surface area contributed by atoms with Crippen LogP contribution in [0.15, 0.2) is 24.3 Å². The average Bonchev–Trinajstić information content (AvgIpc) is 3.19. The number of hydrogen-bond donors (Lipinski definition) is 3. The number of para-hydroxylation sites is 1. The first-order valence-electron chi connectivity index (χ1n) is 6.28. The zero-order valence-electron chi connectivity index (χ0n) is 10.4. The second-order valence-electron chi connectivity index (χ2n) is 4.64. The summed E-state index contributed by atoms with van der Waals surface area (Å²) in [7, 11) is 0. The summed E-state index contributed by atoms with van der Waals surface area (Å²) < 4.78 is 0. The molecule has 1 amide bonds. The minimum absolute atomic E-state index is 0.0243. The van der Waals surface area contributed by atoms with Gasteiger partial charge in [0.05, 0.1) is 12.1 Å². The van der Waals surface area contributed by atoms with E-state index in [0.717, 1.165) is 23.7 Å². The van der Waals surface area contributed by atoms with Gasteiger partial charge in [-0.15, -0.1) is 0 Å². The fourth-order valence-electron chi connectivity index (χ4n) is 1.90. The molecule has 0 atom stereocenters. The summed E-state index contributed by atoms with van der Waals surface area (Å²) in [6, 6.07) is 7.91. The van der Waals surface area contributed by atoms with E-state index < -0.39 is 0 Å². The van der Waals surface area contributed by atoms with Gasteiger partial charge in [-0.2, -0.15) is 4.98 Å². The van der Waals surface area contributed by atoms with Crippen molar-refractivity contribution in [1.29, 1.82) is 0 Å². The fraction of sp³-hybridized carbons (Fsp3) is 0.308. The van der Waals surface area contributed by atoms with Crippen LogP contribution in [-0.2, 0) is 4.79 Å².